The first-order chi connectivity index (χ1) is 13.3. The highest BCUT2D eigenvalue weighted by Crippen LogP contribution is 2.41. The molecular formula is C22H23N3O2S. The zero-order valence-corrected chi connectivity index (χ0v) is 17.3. The maximum Gasteiger partial charge on any atom is 0.268 e. The molecule has 3 heterocycles. The summed E-state index contributed by atoms with van der Waals surface area (Å²) in [6.45, 7) is 7.99. The Morgan fingerprint density at radius 1 is 1.21 bits per heavy atom. The van der Waals surface area contributed by atoms with Crippen molar-refractivity contribution in [2.75, 3.05) is 4.90 Å². The standard InChI is InChI=1S/C22H23N3O2S/c1-11-9-12(2)24-21-18(11)14(4)19(28-21)22(27)25-13(3)10-16(20(23)26)15-7-5-6-8-17(15)25/h5-9,13,16H,10H2,1-4H3,(H2,23,26). The number of primary amides is 1. The van der Waals surface area contributed by atoms with Crippen molar-refractivity contribution in [2.24, 2.45) is 5.73 Å². The van der Waals surface area contributed by atoms with Crippen molar-refractivity contribution in [2.45, 2.75) is 46.1 Å². The number of benzene rings is 1. The molecule has 0 radical (unpaired) electrons. The highest BCUT2D eigenvalue weighted by molar-refractivity contribution is 7.20. The number of rotatable bonds is 2. The molecule has 0 saturated carbocycles. The molecule has 2 atom stereocenters. The van der Waals surface area contributed by atoms with Gasteiger partial charge in [-0.05, 0) is 62.9 Å². The lowest BCUT2D eigenvalue weighted by atomic mass is 9.85. The maximum atomic E-state index is 13.6. The average molecular weight is 394 g/mol. The molecule has 2 aromatic heterocycles. The molecule has 4 rings (SSSR count). The minimum Gasteiger partial charge on any atom is -0.369 e. The lowest BCUT2D eigenvalue weighted by Gasteiger charge is -2.38. The number of pyridine rings is 1. The quantitative estimate of drug-likeness (QED) is 0.708. The van der Waals surface area contributed by atoms with Gasteiger partial charge in [0.25, 0.3) is 5.91 Å². The number of para-hydroxylation sites is 1. The molecule has 1 aliphatic rings. The van der Waals surface area contributed by atoms with E-state index in [-0.39, 0.29) is 23.8 Å². The van der Waals surface area contributed by atoms with E-state index in [2.05, 4.69) is 11.9 Å². The molecule has 3 aromatic rings. The van der Waals surface area contributed by atoms with Crippen LogP contribution in [0.15, 0.2) is 30.3 Å². The number of hydrogen-bond acceptors (Lipinski definition) is 4. The van der Waals surface area contributed by atoms with E-state index in [1.165, 1.54) is 11.3 Å². The molecule has 0 fully saturated rings. The topological polar surface area (TPSA) is 76.3 Å². The molecule has 5 nitrogen and oxygen atoms in total. The number of fused-ring (bicyclic) bond motifs is 2. The zero-order valence-electron chi connectivity index (χ0n) is 16.4. The summed E-state index contributed by atoms with van der Waals surface area (Å²) in [5, 5.41) is 1.06. The minimum atomic E-state index is -0.370. The van der Waals surface area contributed by atoms with Crippen LogP contribution in [0.5, 0.6) is 0 Å². The summed E-state index contributed by atoms with van der Waals surface area (Å²) in [4.78, 5) is 33.6. The van der Waals surface area contributed by atoms with E-state index in [0.29, 0.717) is 11.3 Å². The molecule has 144 valence electrons. The van der Waals surface area contributed by atoms with Gasteiger partial charge >= 0.3 is 0 Å². The highest BCUT2D eigenvalue weighted by Gasteiger charge is 2.37. The van der Waals surface area contributed by atoms with Crippen molar-refractivity contribution < 1.29 is 9.59 Å². The van der Waals surface area contributed by atoms with Crippen LogP contribution in [-0.2, 0) is 4.79 Å². The first-order valence-electron chi connectivity index (χ1n) is 9.38. The molecule has 0 aliphatic carbocycles. The Balaban J connectivity index is 1.85. The summed E-state index contributed by atoms with van der Waals surface area (Å²) < 4.78 is 0. The fraction of sp³-hybridized carbons (Fsp3) is 0.318. The third-order valence-electron chi connectivity index (χ3n) is 5.57. The van der Waals surface area contributed by atoms with Gasteiger partial charge in [0, 0.05) is 22.8 Å². The van der Waals surface area contributed by atoms with Gasteiger partial charge < -0.3 is 10.6 Å². The first kappa shape index (κ1) is 18.6. The van der Waals surface area contributed by atoms with Crippen molar-refractivity contribution in [1.29, 1.82) is 0 Å². The Morgan fingerprint density at radius 2 is 1.93 bits per heavy atom. The van der Waals surface area contributed by atoms with Gasteiger partial charge in [0.05, 0.1) is 10.8 Å². The summed E-state index contributed by atoms with van der Waals surface area (Å²) in [6.07, 6.45) is 0.526. The Labute approximate surface area is 168 Å². The van der Waals surface area contributed by atoms with E-state index >= 15 is 0 Å². The van der Waals surface area contributed by atoms with Gasteiger partial charge in [0.15, 0.2) is 0 Å². The van der Waals surface area contributed by atoms with E-state index in [9.17, 15) is 9.59 Å². The van der Waals surface area contributed by atoms with Gasteiger partial charge in [-0.2, -0.15) is 0 Å². The summed E-state index contributed by atoms with van der Waals surface area (Å²) in [7, 11) is 0. The second-order valence-corrected chi connectivity index (χ2v) is 8.59. The molecule has 0 bridgehead atoms. The maximum absolute atomic E-state index is 13.6. The number of amides is 2. The predicted octanol–water partition coefficient (Wildman–Crippen LogP) is 4.23. The molecule has 2 N–H and O–H groups in total. The van der Waals surface area contributed by atoms with E-state index in [0.717, 1.165) is 38.3 Å². The fourth-order valence-corrected chi connectivity index (χ4v) is 5.56. The van der Waals surface area contributed by atoms with E-state index in [1.807, 2.05) is 56.0 Å². The second kappa shape index (κ2) is 6.71. The van der Waals surface area contributed by atoms with Gasteiger partial charge in [0.1, 0.15) is 4.83 Å². The van der Waals surface area contributed by atoms with Crippen LogP contribution < -0.4 is 10.6 Å². The number of carbonyl (C=O) groups excluding carboxylic acids is 2. The zero-order chi connectivity index (χ0) is 20.2. The highest BCUT2D eigenvalue weighted by atomic mass is 32.1. The third-order valence-corrected chi connectivity index (χ3v) is 6.75. The Morgan fingerprint density at radius 3 is 2.64 bits per heavy atom. The largest absolute Gasteiger partial charge is 0.369 e. The van der Waals surface area contributed by atoms with Crippen molar-refractivity contribution >= 4 is 39.1 Å². The molecule has 0 saturated heterocycles. The second-order valence-electron chi connectivity index (χ2n) is 7.59. The van der Waals surface area contributed by atoms with Crippen molar-refractivity contribution in [3.05, 3.63) is 57.6 Å². The van der Waals surface area contributed by atoms with E-state index in [1.54, 1.807) is 0 Å². The summed E-state index contributed by atoms with van der Waals surface area (Å²) in [6, 6.07) is 9.49. The molecule has 28 heavy (non-hydrogen) atoms. The van der Waals surface area contributed by atoms with Crippen molar-refractivity contribution in [1.82, 2.24) is 4.98 Å². The van der Waals surface area contributed by atoms with Gasteiger partial charge in [-0.3, -0.25) is 9.59 Å². The van der Waals surface area contributed by atoms with Crippen molar-refractivity contribution in [3.63, 3.8) is 0 Å². The normalized spacial score (nSPS) is 18.9. The lowest BCUT2D eigenvalue weighted by molar-refractivity contribution is -0.119. The number of carbonyl (C=O) groups is 2. The monoisotopic (exact) mass is 393 g/mol. The van der Waals surface area contributed by atoms with Crippen LogP contribution in [0.25, 0.3) is 10.2 Å². The van der Waals surface area contributed by atoms with Crippen LogP contribution >= 0.6 is 11.3 Å². The first-order valence-corrected chi connectivity index (χ1v) is 10.2. The van der Waals surface area contributed by atoms with Gasteiger partial charge in [-0.25, -0.2) is 4.98 Å². The minimum absolute atomic E-state index is 0.0413. The molecule has 1 aliphatic heterocycles. The number of thiophene rings is 1. The fourth-order valence-electron chi connectivity index (χ4n) is 4.32. The summed E-state index contributed by atoms with van der Waals surface area (Å²) >= 11 is 1.44. The molecule has 6 heteroatoms. The van der Waals surface area contributed by atoms with Crippen LogP contribution in [0.2, 0.25) is 0 Å². The number of aryl methyl sites for hydroxylation is 3. The number of hydrogen-bond donors (Lipinski definition) is 1. The molecule has 1 aromatic carbocycles. The van der Waals surface area contributed by atoms with Gasteiger partial charge in [-0.15, -0.1) is 11.3 Å². The number of anilines is 1. The Bertz CT molecular complexity index is 1120. The van der Waals surface area contributed by atoms with E-state index in [4.69, 9.17) is 5.73 Å². The van der Waals surface area contributed by atoms with Crippen LogP contribution in [0.3, 0.4) is 0 Å². The number of aromatic nitrogens is 1. The van der Waals surface area contributed by atoms with E-state index < -0.39 is 0 Å². The van der Waals surface area contributed by atoms with Crippen LogP contribution in [0.1, 0.15) is 51.3 Å². The Kier molecular flexibility index (Phi) is 4.46. The Hall–Kier alpha value is -2.73. The molecular weight excluding hydrogens is 370 g/mol. The molecule has 2 unspecified atom stereocenters. The molecule has 0 spiro atoms. The average Bonchev–Trinajstić information content (AvgIpc) is 2.97. The SMILES string of the molecule is Cc1cc(C)c2c(C)c(C(=O)N3c4ccccc4C(C(N)=O)CC3C)sc2n1. The van der Waals surface area contributed by atoms with Crippen LogP contribution in [0, 0.1) is 20.8 Å². The van der Waals surface area contributed by atoms with Crippen molar-refractivity contribution in [3.8, 4) is 0 Å². The third kappa shape index (κ3) is 2.79. The van der Waals surface area contributed by atoms with Gasteiger partial charge in [0.2, 0.25) is 5.91 Å². The number of nitrogens with two attached hydrogens (primary N) is 1. The smallest absolute Gasteiger partial charge is 0.268 e. The lowest BCUT2D eigenvalue weighted by Crippen LogP contribution is -2.45. The molecule has 2 amide bonds. The van der Waals surface area contributed by atoms with Crippen LogP contribution in [-0.4, -0.2) is 22.8 Å². The van der Waals surface area contributed by atoms with Crippen LogP contribution in [0.4, 0.5) is 5.69 Å². The summed E-state index contributed by atoms with van der Waals surface area (Å²) in [5.74, 6) is -0.759. The predicted molar refractivity (Wildman–Crippen MR) is 113 cm³/mol. The summed E-state index contributed by atoms with van der Waals surface area (Å²) in [5.41, 5.74) is 10.3. The number of nitrogens with zero attached hydrogens (tertiary/aromatic N) is 2. The van der Waals surface area contributed by atoms with Gasteiger partial charge in [-0.1, -0.05) is 18.2 Å².